The van der Waals surface area contributed by atoms with E-state index in [0.29, 0.717) is 0 Å². The molecule has 0 amide bonds. The molecule has 0 bridgehead atoms. The molecule has 0 spiro atoms. The molecular weight excluding hydrogens is 391 g/mol. The summed E-state index contributed by atoms with van der Waals surface area (Å²) < 4.78 is 64.3. The first kappa shape index (κ1) is 20.4. The summed E-state index contributed by atoms with van der Waals surface area (Å²) in [6, 6.07) is 15.6. The molecule has 2 aromatic rings. The summed E-state index contributed by atoms with van der Waals surface area (Å²) in [5, 5.41) is 0. The maximum Gasteiger partial charge on any atom is 0.534 e. The minimum absolute atomic E-state index is 0.0942. The Hall–Kier alpha value is -2.35. The van der Waals surface area contributed by atoms with Gasteiger partial charge in [0.15, 0.2) is 0 Å². The molecule has 0 N–H and O–H groups in total. The van der Waals surface area contributed by atoms with E-state index in [1.165, 1.54) is 12.1 Å². The SMILES string of the molecule is CCC1=NC(C)CC1(c1ccccc1)c1ccc(OS(=O)(=O)C(F)(F)F)cc1. The molecule has 0 saturated heterocycles. The van der Waals surface area contributed by atoms with E-state index in [2.05, 4.69) is 4.18 Å². The maximum absolute atomic E-state index is 12.5. The van der Waals surface area contributed by atoms with Crippen molar-refractivity contribution in [2.75, 3.05) is 0 Å². The van der Waals surface area contributed by atoms with Crippen LogP contribution in [0.2, 0.25) is 0 Å². The highest BCUT2D eigenvalue weighted by atomic mass is 32.2. The average molecular weight is 411 g/mol. The summed E-state index contributed by atoms with van der Waals surface area (Å²) in [5.41, 5.74) is -3.11. The Morgan fingerprint density at radius 2 is 1.64 bits per heavy atom. The lowest BCUT2D eigenvalue weighted by Crippen LogP contribution is -2.34. The fourth-order valence-corrected chi connectivity index (χ4v) is 4.26. The molecule has 2 unspecified atom stereocenters. The number of alkyl halides is 3. The van der Waals surface area contributed by atoms with Crippen LogP contribution in [0, 0.1) is 0 Å². The van der Waals surface area contributed by atoms with Gasteiger partial charge in [0.25, 0.3) is 0 Å². The summed E-state index contributed by atoms with van der Waals surface area (Å²) in [6.45, 7) is 4.04. The van der Waals surface area contributed by atoms with Crippen molar-refractivity contribution in [3.8, 4) is 5.75 Å². The highest BCUT2D eigenvalue weighted by molar-refractivity contribution is 7.88. The van der Waals surface area contributed by atoms with E-state index in [-0.39, 0.29) is 11.8 Å². The predicted octanol–water partition coefficient (Wildman–Crippen LogP) is 4.84. The van der Waals surface area contributed by atoms with Crippen LogP contribution in [-0.4, -0.2) is 25.7 Å². The van der Waals surface area contributed by atoms with Crippen LogP contribution in [0.15, 0.2) is 59.6 Å². The van der Waals surface area contributed by atoms with Crippen molar-refractivity contribution in [1.82, 2.24) is 0 Å². The summed E-state index contributed by atoms with van der Waals surface area (Å²) in [5.74, 6) is -0.384. The second-order valence-electron chi connectivity index (χ2n) is 6.76. The van der Waals surface area contributed by atoms with Gasteiger partial charge in [0, 0.05) is 11.8 Å². The predicted molar refractivity (Wildman–Crippen MR) is 101 cm³/mol. The number of hydrogen-bond acceptors (Lipinski definition) is 4. The van der Waals surface area contributed by atoms with Gasteiger partial charge in [0.05, 0.1) is 5.41 Å². The van der Waals surface area contributed by atoms with Gasteiger partial charge >= 0.3 is 15.6 Å². The van der Waals surface area contributed by atoms with E-state index in [1.807, 2.05) is 44.2 Å². The van der Waals surface area contributed by atoms with E-state index < -0.39 is 21.0 Å². The van der Waals surface area contributed by atoms with Crippen molar-refractivity contribution in [2.24, 2.45) is 4.99 Å². The Bertz CT molecular complexity index is 970. The lowest BCUT2D eigenvalue weighted by molar-refractivity contribution is -0.0500. The van der Waals surface area contributed by atoms with E-state index in [0.717, 1.165) is 29.7 Å². The van der Waals surface area contributed by atoms with Crippen molar-refractivity contribution in [1.29, 1.82) is 0 Å². The molecule has 1 heterocycles. The molecule has 28 heavy (non-hydrogen) atoms. The van der Waals surface area contributed by atoms with Gasteiger partial charge in [-0.25, -0.2) is 0 Å². The Morgan fingerprint density at radius 3 is 2.18 bits per heavy atom. The van der Waals surface area contributed by atoms with Crippen molar-refractivity contribution >= 4 is 15.8 Å². The quantitative estimate of drug-likeness (QED) is 0.522. The fourth-order valence-electron chi connectivity index (χ4n) is 3.80. The van der Waals surface area contributed by atoms with Crippen LogP contribution in [0.4, 0.5) is 13.2 Å². The first-order valence-corrected chi connectivity index (χ1v) is 10.2. The summed E-state index contributed by atoms with van der Waals surface area (Å²) in [7, 11) is -5.70. The molecule has 2 aromatic carbocycles. The standard InChI is InChI=1S/C20H20F3NO3S/c1-3-18-19(13-14(2)24-18,15-7-5-4-6-8-15)16-9-11-17(12-10-16)27-28(25,26)20(21,22)23/h4-12,14H,3,13H2,1-2H3. The molecule has 0 radical (unpaired) electrons. The molecule has 8 heteroatoms. The van der Waals surface area contributed by atoms with Crippen LogP contribution in [0.25, 0.3) is 0 Å². The maximum atomic E-state index is 12.5. The lowest BCUT2D eigenvalue weighted by Gasteiger charge is -2.32. The summed E-state index contributed by atoms with van der Waals surface area (Å²) in [6.07, 6.45) is 1.45. The minimum atomic E-state index is -5.70. The third-order valence-corrected chi connectivity index (χ3v) is 5.89. The highest BCUT2D eigenvalue weighted by Gasteiger charge is 2.49. The Kier molecular flexibility index (Phi) is 5.27. The Balaban J connectivity index is 2.03. The minimum Gasteiger partial charge on any atom is -0.376 e. The van der Waals surface area contributed by atoms with Gasteiger partial charge in [-0.05, 0) is 43.0 Å². The lowest BCUT2D eigenvalue weighted by atomic mass is 9.68. The third kappa shape index (κ3) is 3.53. The van der Waals surface area contributed by atoms with Gasteiger partial charge in [-0.3, -0.25) is 4.99 Å². The van der Waals surface area contributed by atoms with Crippen molar-refractivity contribution in [2.45, 2.75) is 43.7 Å². The van der Waals surface area contributed by atoms with E-state index in [1.54, 1.807) is 12.1 Å². The molecule has 4 nitrogen and oxygen atoms in total. The zero-order valence-corrected chi connectivity index (χ0v) is 16.2. The van der Waals surface area contributed by atoms with Crippen LogP contribution >= 0.6 is 0 Å². The molecule has 0 fully saturated rings. The largest absolute Gasteiger partial charge is 0.534 e. The first-order chi connectivity index (χ1) is 13.1. The fraction of sp³-hybridized carbons (Fsp3) is 0.350. The number of benzene rings is 2. The number of halogens is 3. The second-order valence-corrected chi connectivity index (χ2v) is 8.30. The number of aliphatic imine (C=N–C) groups is 1. The zero-order chi connectivity index (χ0) is 20.6. The topological polar surface area (TPSA) is 55.7 Å². The third-order valence-electron chi connectivity index (χ3n) is 4.91. The second kappa shape index (κ2) is 7.24. The van der Waals surface area contributed by atoms with Crippen molar-refractivity contribution in [3.63, 3.8) is 0 Å². The summed E-state index contributed by atoms with van der Waals surface area (Å²) in [4.78, 5) is 4.77. The van der Waals surface area contributed by atoms with Crippen LogP contribution in [-0.2, 0) is 15.5 Å². The molecule has 2 atom stereocenters. The van der Waals surface area contributed by atoms with Gasteiger partial charge in [0.2, 0.25) is 0 Å². The molecule has 0 aromatic heterocycles. The van der Waals surface area contributed by atoms with Crippen LogP contribution in [0.3, 0.4) is 0 Å². The van der Waals surface area contributed by atoms with E-state index in [4.69, 9.17) is 4.99 Å². The highest BCUT2D eigenvalue weighted by Crippen LogP contribution is 2.44. The summed E-state index contributed by atoms with van der Waals surface area (Å²) >= 11 is 0. The number of hydrogen-bond donors (Lipinski definition) is 0. The van der Waals surface area contributed by atoms with Gasteiger partial charge in [0.1, 0.15) is 5.75 Å². The Labute approximate surface area is 162 Å². The van der Waals surface area contributed by atoms with Crippen LogP contribution < -0.4 is 4.18 Å². The number of rotatable bonds is 5. The zero-order valence-electron chi connectivity index (χ0n) is 15.4. The number of nitrogens with zero attached hydrogens (tertiary/aromatic N) is 1. The molecule has 1 aliphatic rings. The molecular formula is C20H20F3NO3S. The van der Waals surface area contributed by atoms with Gasteiger partial charge in [-0.15, -0.1) is 0 Å². The van der Waals surface area contributed by atoms with Crippen LogP contribution in [0.1, 0.15) is 37.8 Å². The molecule has 0 saturated carbocycles. The van der Waals surface area contributed by atoms with Crippen molar-refractivity contribution in [3.05, 3.63) is 65.7 Å². The first-order valence-electron chi connectivity index (χ1n) is 8.84. The molecule has 150 valence electrons. The monoisotopic (exact) mass is 411 g/mol. The normalized spacial score (nSPS) is 22.8. The Morgan fingerprint density at radius 1 is 1.07 bits per heavy atom. The van der Waals surface area contributed by atoms with Gasteiger partial charge < -0.3 is 4.18 Å². The van der Waals surface area contributed by atoms with E-state index in [9.17, 15) is 21.6 Å². The molecule has 1 aliphatic heterocycles. The molecule has 3 rings (SSSR count). The van der Waals surface area contributed by atoms with E-state index >= 15 is 0 Å². The van der Waals surface area contributed by atoms with Gasteiger partial charge in [-0.1, -0.05) is 49.4 Å². The van der Waals surface area contributed by atoms with Crippen LogP contribution in [0.5, 0.6) is 5.75 Å². The smallest absolute Gasteiger partial charge is 0.376 e. The van der Waals surface area contributed by atoms with Gasteiger partial charge in [-0.2, -0.15) is 21.6 Å². The average Bonchev–Trinajstić information content (AvgIpc) is 2.99. The van der Waals surface area contributed by atoms with Crippen molar-refractivity contribution < 1.29 is 25.8 Å². The molecule has 0 aliphatic carbocycles.